The topological polar surface area (TPSA) is 79.5 Å². The molecule has 0 aliphatic rings. The van der Waals surface area contributed by atoms with Crippen molar-refractivity contribution < 1.29 is 14.4 Å². The number of benzene rings is 3. The summed E-state index contributed by atoms with van der Waals surface area (Å²) in [5.41, 5.74) is 7.55. The molecule has 6 heteroatoms. The smallest absolute Gasteiger partial charge is 0.320 e. The van der Waals surface area contributed by atoms with Gasteiger partial charge in [-0.15, -0.1) is 0 Å². The Hall–Kier alpha value is -3.77. The molecule has 0 saturated carbocycles. The number of aliphatic carboxylic acids is 1. The van der Waals surface area contributed by atoms with E-state index >= 15 is 0 Å². The number of carboxylic acid groups (broad SMARTS) is 1. The summed E-state index contributed by atoms with van der Waals surface area (Å²) < 4.78 is 5.56. The third-order valence-corrected chi connectivity index (χ3v) is 6.24. The molecular formula is C28H29N3O3. The van der Waals surface area contributed by atoms with Gasteiger partial charge < -0.3 is 9.63 Å². The minimum atomic E-state index is -0.819. The fraction of sp³-hybridized carbons (Fsp3) is 0.250. The highest BCUT2D eigenvalue weighted by Gasteiger charge is 2.19. The predicted octanol–water partition coefficient (Wildman–Crippen LogP) is 5.98. The van der Waals surface area contributed by atoms with E-state index in [2.05, 4.69) is 54.3 Å². The molecule has 0 spiro atoms. The van der Waals surface area contributed by atoms with Crippen LogP contribution in [0.25, 0.3) is 34.0 Å². The number of hydrogen-bond donors (Lipinski definition) is 1. The molecule has 3 aromatic carbocycles. The first kappa shape index (κ1) is 23.4. The van der Waals surface area contributed by atoms with Gasteiger partial charge in [0.1, 0.15) is 6.04 Å². The zero-order valence-electron chi connectivity index (χ0n) is 19.9. The molecule has 0 radical (unpaired) electrons. The Morgan fingerprint density at radius 1 is 0.971 bits per heavy atom. The fourth-order valence-electron chi connectivity index (χ4n) is 4.10. The number of carboxylic acids is 1. The molecule has 34 heavy (non-hydrogen) atoms. The van der Waals surface area contributed by atoms with Crippen molar-refractivity contribution in [2.45, 2.75) is 40.3 Å². The van der Waals surface area contributed by atoms with Crippen LogP contribution in [0, 0.1) is 13.8 Å². The summed E-state index contributed by atoms with van der Waals surface area (Å²) in [4.78, 5) is 17.8. The zero-order chi connectivity index (χ0) is 24.2. The van der Waals surface area contributed by atoms with Gasteiger partial charge in [-0.05, 0) is 67.3 Å². The number of carbonyl (C=O) groups is 1. The van der Waals surface area contributed by atoms with E-state index in [-0.39, 0.29) is 0 Å². The number of nitrogens with zero attached hydrogens (tertiary/aromatic N) is 3. The van der Waals surface area contributed by atoms with E-state index in [1.54, 1.807) is 6.92 Å². The van der Waals surface area contributed by atoms with Gasteiger partial charge >= 0.3 is 5.97 Å². The average Bonchev–Trinajstić information content (AvgIpc) is 3.33. The fourth-order valence-corrected chi connectivity index (χ4v) is 4.10. The minimum absolute atomic E-state index is 0.478. The van der Waals surface area contributed by atoms with Gasteiger partial charge in [0, 0.05) is 17.7 Å². The summed E-state index contributed by atoms with van der Waals surface area (Å²) in [5, 5.41) is 13.5. The summed E-state index contributed by atoms with van der Waals surface area (Å²) in [7, 11) is 0. The maximum absolute atomic E-state index is 11.3. The second-order valence-corrected chi connectivity index (χ2v) is 8.54. The molecular weight excluding hydrogens is 426 g/mol. The van der Waals surface area contributed by atoms with Crippen molar-refractivity contribution in [1.82, 2.24) is 15.0 Å². The van der Waals surface area contributed by atoms with Crippen molar-refractivity contribution in [3.8, 4) is 34.0 Å². The molecule has 1 N–H and O–H groups in total. The minimum Gasteiger partial charge on any atom is -0.480 e. The van der Waals surface area contributed by atoms with Crippen molar-refractivity contribution in [3.05, 3.63) is 83.4 Å². The molecule has 0 unspecified atom stereocenters. The Morgan fingerprint density at radius 2 is 1.65 bits per heavy atom. The molecule has 174 valence electrons. The first-order valence-electron chi connectivity index (χ1n) is 11.4. The lowest BCUT2D eigenvalue weighted by atomic mass is 9.95. The highest BCUT2D eigenvalue weighted by molar-refractivity contribution is 5.74. The lowest BCUT2D eigenvalue weighted by Gasteiger charge is -2.24. The first-order valence-corrected chi connectivity index (χ1v) is 11.4. The van der Waals surface area contributed by atoms with E-state index in [9.17, 15) is 9.90 Å². The molecule has 1 heterocycles. The van der Waals surface area contributed by atoms with Gasteiger partial charge in [0.25, 0.3) is 5.89 Å². The quantitative estimate of drug-likeness (QED) is 0.352. The molecule has 0 amide bonds. The molecule has 0 bridgehead atoms. The maximum atomic E-state index is 11.3. The average molecular weight is 456 g/mol. The van der Waals surface area contributed by atoms with E-state index < -0.39 is 12.0 Å². The standard InChI is InChI=1S/C28H29N3O3/c1-5-31(20(4)28(32)33)17-21-10-12-22(13-11-21)26-29-27(34-30-26)23-14-15-25(19(3)16-23)24-9-7-6-8-18(24)2/h6-16,20H,5,17H2,1-4H3,(H,32,33)/t20-/m0/s1. The van der Waals surface area contributed by atoms with Crippen LogP contribution in [0.3, 0.4) is 0 Å². The molecule has 0 aliphatic heterocycles. The Labute approximate surface area is 199 Å². The SMILES string of the molecule is CCN(Cc1ccc(-c2noc(-c3ccc(-c4ccccc4C)c(C)c3)n2)cc1)[C@@H](C)C(=O)O. The lowest BCUT2D eigenvalue weighted by molar-refractivity contribution is -0.142. The number of rotatable bonds is 8. The molecule has 4 rings (SSSR count). The third kappa shape index (κ3) is 4.92. The molecule has 0 aliphatic carbocycles. The zero-order valence-corrected chi connectivity index (χ0v) is 19.9. The van der Waals surface area contributed by atoms with Crippen LogP contribution in [-0.4, -0.2) is 38.7 Å². The van der Waals surface area contributed by atoms with E-state index in [0.717, 1.165) is 22.3 Å². The van der Waals surface area contributed by atoms with Crippen LogP contribution >= 0.6 is 0 Å². The van der Waals surface area contributed by atoms with Crippen LogP contribution in [0.5, 0.6) is 0 Å². The number of aryl methyl sites for hydroxylation is 2. The monoisotopic (exact) mass is 455 g/mol. The predicted molar refractivity (Wildman–Crippen MR) is 133 cm³/mol. The Morgan fingerprint density at radius 3 is 2.29 bits per heavy atom. The second-order valence-electron chi connectivity index (χ2n) is 8.54. The third-order valence-electron chi connectivity index (χ3n) is 6.24. The normalized spacial score (nSPS) is 12.1. The van der Waals surface area contributed by atoms with Crippen molar-refractivity contribution in [2.75, 3.05) is 6.54 Å². The van der Waals surface area contributed by atoms with Crippen LogP contribution in [0.4, 0.5) is 0 Å². The first-order chi connectivity index (χ1) is 16.4. The Balaban J connectivity index is 1.52. The molecule has 4 aromatic rings. The number of likely N-dealkylation sites (N-methyl/N-ethyl adjacent to an activating group) is 1. The lowest BCUT2D eigenvalue weighted by Crippen LogP contribution is -2.38. The maximum Gasteiger partial charge on any atom is 0.320 e. The van der Waals surface area contributed by atoms with Crippen molar-refractivity contribution in [1.29, 1.82) is 0 Å². The van der Waals surface area contributed by atoms with E-state index in [4.69, 9.17) is 4.52 Å². The molecule has 0 saturated heterocycles. The largest absolute Gasteiger partial charge is 0.480 e. The van der Waals surface area contributed by atoms with Crippen LogP contribution < -0.4 is 0 Å². The van der Waals surface area contributed by atoms with E-state index in [0.29, 0.717) is 24.8 Å². The summed E-state index contributed by atoms with van der Waals surface area (Å²) in [6.07, 6.45) is 0. The molecule has 6 nitrogen and oxygen atoms in total. The van der Waals surface area contributed by atoms with Crippen LogP contribution in [-0.2, 0) is 11.3 Å². The van der Waals surface area contributed by atoms with Gasteiger partial charge in [-0.25, -0.2) is 0 Å². The van der Waals surface area contributed by atoms with Crippen molar-refractivity contribution >= 4 is 5.97 Å². The van der Waals surface area contributed by atoms with Gasteiger partial charge in [0.15, 0.2) is 0 Å². The van der Waals surface area contributed by atoms with Gasteiger partial charge in [0.05, 0.1) is 0 Å². The van der Waals surface area contributed by atoms with Crippen LogP contribution in [0.2, 0.25) is 0 Å². The molecule has 1 aromatic heterocycles. The van der Waals surface area contributed by atoms with Gasteiger partial charge in [-0.1, -0.05) is 66.7 Å². The van der Waals surface area contributed by atoms with Crippen molar-refractivity contribution in [2.24, 2.45) is 0 Å². The second kappa shape index (κ2) is 10.0. The van der Waals surface area contributed by atoms with Crippen molar-refractivity contribution in [3.63, 3.8) is 0 Å². The van der Waals surface area contributed by atoms with E-state index in [1.807, 2.05) is 48.2 Å². The summed E-state index contributed by atoms with van der Waals surface area (Å²) in [6, 6.07) is 21.8. The number of aromatic nitrogens is 2. The van der Waals surface area contributed by atoms with Gasteiger partial charge in [-0.2, -0.15) is 4.98 Å². The summed E-state index contributed by atoms with van der Waals surface area (Å²) in [6.45, 7) is 9.09. The van der Waals surface area contributed by atoms with Gasteiger partial charge in [0.2, 0.25) is 5.82 Å². The van der Waals surface area contributed by atoms with Crippen LogP contribution in [0.15, 0.2) is 71.3 Å². The molecule has 1 atom stereocenters. The van der Waals surface area contributed by atoms with E-state index in [1.165, 1.54) is 16.7 Å². The van der Waals surface area contributed by atoms with Gasteiger partial charge in [-0.3, -0.25) is 9.69 Å². The molecule has 0 fully saturated rings. The summed E-state index contributed by atoms with van der Waals surface area (Å²) >= 11 is 0. The number of hydrogen-bond acceptors (Lipinski definition) is 5. The van der Waals surface area contributed by atoms with Crippen LogP contribution in [0.1, 0.15) is 30.5 Å². The highest BCUT2D eigenvalue weighted by Crippen LogP contribution is 2.30. The summed E-state index contributed by atoms with van der Waals surface area (Å²) in [5.74, 6) is 0.180. The Bertz CT molecular complexity index is 1290. The Kier molecular flexibility index (Phi) is 6.89. The highest BCUT2D eigenvalue weighted by atomic mass is 16.5.